The van der Waals surface area contributed by atoms with Gasteiger partial charge in [0.2, 0.25) is 5.91 Å². The SMILES string of the molecule is COc1ccc(N(C)C(=O)C(Cc2ccccc2)NC(=O)c2cccc(C(=O)N[C@H](C=O)Cc3ccccc3)c2)cc1.COc1ccc(N(C)C)cc1. The average molecular weight is 715 g/mol. The largest absolute Gasteiger partial charge is 0.497 e. The first-order chi connectivity index (χ1) is 25.6. The van der Waals surface area contributed by atoms with E-state index in [1.54, 1.807) is 63.7 Å². The maximum absolute atomic E-state index is 13.6. The van der Waals surface area contributed by atoms with E-state index in [1.165, 1.54) is 16.7 Å². The number of aldehydes is 1. The second-order valence-electron chi connectivity index (χ2n) is 12.4. The third kappa shape index (κ3) is 11.8. The number of nitrogens with one attached hydrogen (secondary N) is 2. The zero-order valence-electron chi connectivity index (χ0n) is 30.7. The molecule has 10 nitrogen and oxygen atoms in total. The van der Waals surface area contributed by atoms with Crippen LogP contribution in [0.25, 0.3) is 0 Å². The van der Waals surface area contributed by atoms with Gasteiger partial charge in [-0.3, -0.25) is 14.4 Å². The Kier molecular flexibility index (Phi) is 14.7. The smallest absolute Gasteiger partial charge is 0.251 e. The summed E-state index contributed by atoms with van der Waals surface area (Å²) in [7, 11) is 8.92. The fourth-order valence-corrected chi connectivity index (χ4v) is 5.39. The molecule has 3 amide bonds. The van der Waals surface area contributed by atoms with Gasteiger partial charge in [0.05, 0.1) is 20.3 Å². The van der Waals surface area contributed by atoms with Crippen LogP contribution in [-0.4, -0.2) is 71.5 Å². The molecule has 53 heavy (non-hydrogen) atoms. The van der Waals surface area contributed by atoms with Crippen molar-refractivity contribution in [3.05, 3.63) is 156 Å². The number of hydrogen-bond donors (Lipinski definition) is 2. The van der Waals surface area contributed by atoms with E-state index in [0.29, 0.717) is 24.1 Å². The number of nitrogens with zero attached hydrogens (tertiary/aromatic N) is 2. The number of carbonyl (C=O) groups is 4. The first-order valence-corrected chi connectivity index (χ1v) is 17.1. The monoisotopic (exact) mass is 714 g/mol. The molecule has 5 aromatic rings. The second-order valence-corrected chi connectivity index (χ2v) is 12.4. The Labute approximate surface area is 311 Å². The lowest BCUT2D eigenvalue weighted by atomic mass is 10.0. The van der Waals surface area contributed by atoms with E-state index in [9.17, 15) is 19.2 Å². The van der Waals surface area contributed by atoms with Crippen molar-refractivity contribution in [3.8, 4) is 11.5 Å². The topological polar surface area (TPSA) is 117 Å². The molecule has 0 bridgehead atoms. The highest BCUT2D eigenvalue weighted by atomic mass is 16.5. The molecule has 1 unspecified atom stereocenters. The van der Waals surface area contributed by atoms with Gasteiger partial charge in [0.1, 0.15) is 23.8 Å². The number of benzene rings is 5. The Hall–Kier alpha value is -6.42. The van der Waals surface area contributed by atoms with E-state index in [0.717, 1.165) is 16.9 Å². The van der Waals surface area contributed by atoms with Crippen molar-refractivity contribution in [1.29, 1.82) is 0 Å². The van der Waals surface area contributed by atoms with E-state index in [-0.39, 0.29) is 23.5 Å². The zero-order chi connectivity index (χ0) is 38.2. The first-order valence-electron chi connectivity index (χ1n) is 17.1. The van der Waals surface area contributed by atoms with Crippen LogP contribution in [0, 0.1) is 0 Å². The molecule has 10 heteroatoms. The van der Waals surface area contributed by atoms with E-state index in [2.05, 4.69) is 15.5 Å². The Morgan fingerprint density at radius 1 is 0.604 bits per heavy atom. The Morgan fingerprint density at radius 2 is 1.08 bits per heavy atom. The summed E-state index contributed by atoms with van der Waals surface area (Å²) in [6.45, 7) is 0. The zero-order valence-corrected chi connectivity index (χ0v) is 30.7. The number of likely N-dealkylation sites (N-methyl/N-ethyl adjacent to an activating group) is 1. The molecule has 0 aromatic heterocycles. The molecular formula is C43H46N4O6. The number of ether oxygens (including phenoxy) is 2. The van der Waals surface area contributed by atoms with Crippen molar-refractivity contribution in [2.45, 2.75) is 24.9 Å². The molecule has 0 aliphatic rings. The van der Waals surface area contributed by atoms with Crippen molar-refractivity contribution < 1.29 is 28.7 Å². The normalized spacial score (nSPS) is 11.4. The summed E-state index contributed by atoms with van der Waals surface area (Å²) < 4.78 is 10.2. The molecule has 0 saturated heterocycles. The third-order valence-corrected chi connectivity index (χ3v) is 8.43. The van der Waals surface area contributed by atoms with Gasteiger partial charge in [0.25, 0.3) is 11.8 Å². The minimum absolute atomic E-state index is 0.214. The Balaban J connectivity index is 0.000000488. The summed E-state index contributed by atoms with van der Waals surface area (Å²) >= 11 is 0. The van der Waals surface area contributed by atoms with Gasteiger partial charge in [-0.2, -0.15) is 0 Å². The fraction of sp³-hybridized carbons (Fsp3) is 0.209. The Bertz CT molecular complexity index is 1920. The van der Waals surface area contributed by atoms with Crippen LogP contribution in [0.2, 0.25) is 0 Å². The molecule has 5 rings (SSSR count). The first kappa shape index (κ1) is 39.4. The van der Waals surface area contributed by atoms with Crippen molar-refractivity contribution in [1.82, 2.24) is 10.6 Å². The highest BCUT2D eigenvalue weighted by Crippen LogP contribution is 2.20. The molecule has 0 aliphatic heterocycles. The number of carbonyl (C=O) groups excluding carboxylic acids is 4. The maximum Gasteiger partial charge on any atom is 0.251 e. The van der Waals surface area contributed by atoms with Crippen LogP contribution < -0.4 is 29.9 Å². The number of methoxy groups -OCH3 is 2. The number of amides is 3. The predicted octanol–water partition coefficient (Wildman–Crippen LogP) is 6.00. The van der Waals surface area contributed by atoms with Crippen molar-refractivity contribution >= 4 is 35.4 Å². The summed E-state index contributed by atoms with van der Waals surface area (Å²) in [5.41, 5.74) is 4.07. The van der Waals surface area contributed by atoms with Crippen LogP contribution in [0.4, 0.5) is 11.4 Å². The molecule has 0 aliphatic carbocycles. The lowest BCUT2D eigenvalue weighted by molar-refractivity contribution is -0.120. The predicted molar refractivity (Wildman–Crippen MR) is 209 cm³/mol. The van der Waals surface area contributed by atoms with E-state index < -0.39 is 23.9 Å². The number of rotatable bonds is 14. The molecular weight excluding hydrogens is 668 g/mol. The van der Waals surface area contributed by atoms with Gasteiger partial charge in [-0.05, 0) is 84.3 Å². The van der Waals surface area contributed by atoms with Gasteiger partial charge in [-0.25, -0.2) is 0 Å². The van der Waals surface area contributed by atoms with E-state index in [1.807, 2.05) is 99.0 Å². The quantitative estimate of drug-likeness (QED) is 0.136. The van der Waals surface area contributed by atoms with Crippen molar-refractivity contribution in [2.24, 2.45) is 0 Å². The second kappa shape index (κ2) is 19.8. The standard InChI is InChI=1S/C34H33N3O5.C9H13NO/c1-37(29-16-18-30(42-2)19-17-29)34(41)31(21-25-12-7-4-8-13-25)36-33(40)27-15-9-14-26(22-27)32(39)35-28(23-38)20-24-10-5-3-6-11-24;1-10(2)8-4-6-9(11-3)7-5-8/h3-19,22-23,28,31H,20-21H2,1-2H3,(H,35,39)(H,36,40);4-7H,1-3H3/t28-,31?;/m0./s1. The highest BCUT2D eigenvalue weighted by Gasteiger charge is 2.26. The lowest BCUT2D eigenvalue weighted by Crippen LogP contribution is -2.48. The molecule has 2 N–H and O–H groups in total. The third-order valence-electron chi connectivity index (χ3n) is 8.43. The molecule has 0 radical (unpaired) electrons. The number of hydrogen-bond acceptors (Lipinski definition) is 7. The fourth-order valence-electron chi connectivity index (χ4n) is 5.39. The van der Waals surface area contributed by atoms with Gasteiger partial charge in [0.15, 0.2) is 0 Å². The maximum atomic E-state index is 13.6. The van der Waals surface area contributed by atoms with Gasteiger partial charge in [0, 0.05) is 50.1 Å². The molecule has 0 heterocycles. The number of anilines is 2. The molecule has 0 fully saturated rings. The average Bonchev–Trinajstić information content (AvgIpc) is 3.20. The lowest BCUT2D eigenvalue weighted by Gasteiger charge is -2.25. The summed E-state index contributed by atoms with van der Waals surface area (Å²) in [4.78, 5) is 55.2. The molecule has 0 saturated carbocycles. The highest BCUT2D eigenvalue weighted by molar-refractivity contribution is 6.04. The van der Waals surface area contributed by atoms with E-state index >= 15 is 0 Å². The minimum Gasteiger partial charge on any atom is -0.497 e. The molecule has 2 atom stereocenters. The van der Waals surface area contributed by atoms with Crippen LogP contribution >= 0.6 is 0 Å². The van der Waals surface area contributed by atoms with Gasteiger partial charge in [-0.1, -0.05) is 66.7 Å². The summed E-state index contributed by atoms with van der Waals surface area (Å²) in [6.07, 6.45) is 1.31. The van der Waals surface area contributed by atoms with Crippen LogP contribution in [0.3, 0.4) is 0 Å². The van der Waals surface area contributed by atoms with Crippen LogP contribution in [-0.2, 0) is 22.4 Å². The van der Waals surface area contributed by atoms with Crippen LogP contribution in [0.1, 0.15) is 31.8 Å². The van der Waals surface area contributed by atoms with Crippen molar-refractivity contribution in [3.63, 3.8) is 0 Å². The Morgan fingerprint density at radius 3 is 1.55 bits per heavy atom. The van der Waals surface area contributed by atoms with Crippen LogP contribution in [0.15, 0.2) is 133 Å². The van der Waals surface area contributed by atoms with Crippen LogP contribution in [0.5, 0.6) is 11.5 Å². The van der Waals surface area contributed by atoms with E-state index in [4.69, 9.17) is 9.47 Å². The molecule has 0 spiro atoms. The summed E-state index contributed by atoms with van der Waals surface area (Å²) in [5.74, 6) is 0.279. The summed E-state index contributed by atoms with van der Waals surface area (Å²) in [5, 5.41) is 5.58. The van der Waals surface area contributed by atoms with Crippen molar-refractivity contribution in [2.75, 3.05) is 45.2 Å². The molecule has 5 aromatic carbocycles. The molecule has 274 valence electrons. The van der Waals surface area contributed by atoms with Gasteiger partial charge < -0.3 is 34.7 Å². The summed E-state index contributed by atoms with van der Waals surface area (Å²) in [6, 6.07) is 38.4. The van der Waals surface area contributed by atoms with Gasteiger partial charge >= 0.3 is 0 Å². The minimum atomic E-state index is -0.880. The van der Waals surface area contributed by atoms with Gasteiger partial charge in [-0.15, -0.1) is 0 Å².